The molecule has 0 aliphatic carbocycles. The summed E-state index contributed by atoms with van der Waals surface area (Å²) in [6, 6.07) is 29.1. The van der Waals surface area contributed by atoms with Gasteiger partial charge in [0, 0.05) is 22.0 Å². The predicted octanol–water partition coefficient (Wildman–Crippen LogP) is 8.34. The van der Waals surface area contributed by atoms with E-state index in [0.717, 1.165) is 18.2 Å². The normalized spacial score (nSPS) is 11.7. The van der Waals surface area contributed by atoms with Gasteiger partial charge in [-0.2, -0.15) is 26.6 Å². The smallest absolute Gasteiger partial charge is 0.443 e. The molecule has 0 spiro atoms. The van der Waals surface area contributed by atoms with Crippen LogP contribution in [0.2, 0.25) is 0 Å². The number of benzene rings is 5. The van der Waals surface area contributed by atoms with Crippen molar-refractivity contribution in [1.29, 1.82) is 0 Å². The van der Waals surface area contributed by atoms with Gasteiger partial charge in [0.25, 0.3) is 0 Å². The molecule has 0 unspecified atom stereocenters. The molecule has 0 saturated carbocycles. The third-order valence-corrected chi connectivity index (χ3v) is 8.36. The summed E-state index contributed by atoms with van der Waals surface area (Å²) >= 11 is 0. The summed E-state index contributed by atoms with van der Waals surface area (Å²) in [6.07, 6.45) is -2.33. The van der Waals surface area contributed by atoms with Crippen molar-refractivity contribution in [3.05, 3.63) is 132 Å². The Morgan fingerprint density at radius 2 is 1.36 bits per heavy atom. The van der Waals surface area contributed by atoms with Crippen molar-refractivity contribution in [1.82, 2.24) is 10.4 Å². The highest BCUT2D eigenvalue weighted by atomic mass is 32.2. The van der Waals surface area contributed by atoms with E-state index in [1.165, 1.54) is 24.3 Å². The number of hydrogen-bond acceptors (Lipinski definition) is 7. The molecule has 256 valence electrons. The van der Waals surface area contributed by atoms with Gasteiger partial charge in [-0.1, -0.05) is 91.0 Å². The van der Waals surface area contributed by atoms with Gasteiger partial charge in [0.1, 0.15) is 24.8 Å². The molecular weight excluding hydrogens is 682 g/mol. The highest BCUT2D eigenvalue weighted by Crippen LogP contribution is 2.47. The average molecular weight is 708 g/mol. The highest BCUT2D eigenvalue weighted by Gasteiger charge is 2.49. The summed E-state index contributed by atoms with van der Waals surface area (Å²) in [7, 11) is -6.22. The van der Waals surface area contributed by atoms with E-state index in [1.807, 2.05) is 0 Å². The van der Waals surface area contributed by atoms with E-state index < -0.39 is 39.4 Å². The van der Waals surface area contributed by atoms with E-state index in [9.17, 15) is 35.6 Å². The summed E-state index contributed by atoms with van der Waals surface area (Å²) < 4.78 is 95.7. The summed E-state index contributed by atoms with van der Waals surface area (Å²) in [5, 5.41) is 1.18. The molecule has 50 heavy (non-hydrogen) atoms. The summed E-state index contributed by atoms with van der Waals surface area (Å²) in [5.41, 5.74) is -2.64. The second kappa shape index (κ2) is 13.8. The van der Waals surface area contributed by atoms with Crippen LogP contribution in [-0.2, 0) is 32.8 Å². The number of carbonyl (C=O) groups excluding carboxylic acids is 2. The molecule has 1 heterocycles. The highest BCUT2D eigenvalue weighted by molar-refractivity contribution is 7.88. The molecule has 15 heteroatoms. The predicted molar refractivity (Wildman–Crippen MR) is 176 cm³/mol. The van der Waals surface area contributed by atoms with Crippen LogP contribution in [0.25, 0.3) is 32.8 Å². The molecule has 2 N–H and O–H groups in total. The maximum atomic E-state index is 14.8. The zero-order chi connectivity index (χ0) is 35.5. The largest absolute Gasteiger partial charge is 0.534 e. The lowest BCUT2D eigenvalue weighted by molar-refractivity contribution is -0.0499. The lowest BCUT2D eigenvalue weighted by atomic mass is 9.96. The molecule has 0 saturated heterocycles. The third-order valence-electron chi connectivity index (χ3n) is 7.39. The number of hydrogen-bond donors (Lipinski definition) is 2. The number of ether oxygens (including phenoxy) is 2. The van der Waals surface area contributed by atoms with Crippen molar-refractivity contribution in [2.24, 2.45) is 0 Å². The minimum atomic E-state index is -6.22. The van der Waals surface area contributed by atoms with Gasteiger partial charge >= 0.3 is 27.8 Å². The number of amides is 2. The number of fused-ring (bicyclic) bond motifs is 2. The molecule has 6 aromatic rings. The first-order valence-electron chi connectivity index (χ1n) is 14.7. The van der Waals surface area contributed by atoms with Gasteiger partial charge in [-0.05, 0) is 46.2 Å². The first kappa shape index (κ1) is 33.8. The van der Waals surface area contributed by atoms with Gasteiger partial charge in [0.05, 0.1) is 0 Å². The lowest BCUT2D eigenvalue weighted by Crippen LogP contribution is -2.47. The monoisotopic (exact) mass is 707 g/mol. The van der Waals surface area contributed by atoms with Crippen LogP contribution in [-0.4, -0.2) is 31.1 Å². The Bertz CT molecular complexity index is 2300. The number of alkyl halides is 3. The summed E-state index contributed by atoms with van der Waals surface area (Å²) in [4.78, 5) is 29.9. The molecule has 1 aromatic heterocycles. The summed E-state index contributed by atoms with van der Waals surface area (Å²) in [5.74, 6) is -1.91. The number of rotatable bonds is 8. The molecule has 0 atom stereocenters. The maximum absolute atomic E-state index is 14.8. The van der Waals surface area contributed by atoms with Gasteiger partial charge in [0.2, 0.25) is 0 Å². The molecule has 0 aliphatic heterocycles. The lowest BCUT2D eigenvalue weighted by Gasteiger charge is -2.24. The van der Waals surface area contributed by atoms with E-state index in [2.05, 4.69) is 14.6 Å². The van der Waals surface area contributed by atoms with Gasteiger partial charge in [-0.3, -0.25) is 0 Å². The van der Waals surface area contributed by atoms with Gasteiger partial charge < -0.3 is 18.6 Å². The van der Waals surface area contributed by atoms with E-state index in [0.29, 0.717) is 21.5 Å². The van der Waals surface area contributed by atoms with Crippen molar-refractivity contribution in [2.75, 3.05) is 5.01 Å². The molecule has 0 bridgehead atoms. The number of carbonyl (C=O) groups is 2. The maximum Gasteiger partial charge on any atom is 0.534 e. The Morgan fingerprint density at radius 3 is 2.02 bits per heavy atom. The van der Waals surface area contributed by atoms with Crippen molar-refractivity contribution >= 4 is 49.8 Å². The topological polar surface area (TPSA) is 127 Å². The van der Waals surface area contributed by atoms with Crippen molar-refractivity contribution in [2.45, 2.75) is 18.7 Å². The van der Waals surface area contributed by atoms with Crippen LogP contribution in [0, 0.1) is 5.82 Å². The van der Waals surface area contributed by atoms with E-state index in [-0.39, 0.29) is 46.4 Å². The fourth-order valence-electron chi connectivity index (χ4n) is 5.14. The second-order valence-electron chi connectivity index (χ2n) is 10.7. The molecule has 6 rings (SSSR count). The second-order valence-corrected chi connectivity index (χ2v) is 12.3. The third kappa shape index (κ3) is 7.17. The van der Waals surface area contributed by atoms with Gasteiger partial charge in [-0.25, -0.2) is 19.4 Å². The van der Waals surface area contributed by atoms with E-state index in [1.54, 1.807) is 72.8 Å². The Labute approximate surface area is 281 Å². The number of aromatic nitrogens is 1. The Hall–Kier alpha value is -6.09. The van der Waals surface area contributed by atoms with Crippen molar-refractivity contribution < 1.29 is 49.2 Å². The summed E-state index contributed by atoms with van der Waals surface area (Å²) in [6.45, 7) is -0.478. The quantitative estimate of drug-likeness (QED) is 0.0705. The standard InChI is InChI=1S/C35H25F4N3O7S/c36-25-16-17-28-27(19-25)31(30-26-14-8-7-13-24(26)15-18-29(30)49-50(45,46)35(37,38)39)32(40-28)42(34(44)48-21-23-11-5-2-6-12-23)41-33(43)47-20-22-9-3-1-4-10-22/h1-19,40H,20-21H2,(H,41,43). The number of H-pyrrole nitrogens is 1. The number of aromatic amines is 1. The minimum absolute atomic E-state index is 0.00841. The average Bonchev–Trinajstić information content (AvgIpc) is 3.46. The van der Waals surface area contributed by atoms with Crippen LogP contribution in [0.5, 0.6) is 5.75 Å². The molecule has 0 aliphatic rings. The van der Waals surface area contributed by atoms with Crippen LogP contribution in [0.15, 0.2) is 115 Å². The number of anilines is 1. The van der Waals surface area contributed by atoms with Crippen molar-refractivity contribution in [3.8, 4) is 16.9 Å². The van der Waals surface area contributed by atoms with Crippen LogP contribution in [0.1, 0.15) is 11.1 Å². The molecular formula is C35H25F4N3O7S. The van der Waals surface area contributed by atoms with E-state index >= 15 is 0 Å². The fraction of sp³-hybridized carbons (Fsp3) is 0.0857. The fourth-order valence-corrected chi connectivity index (χ4v) is 5.61. The van der Waals surface area contributed by atoms with Gasteiger partial charge in [0.15, 0.2) is 5.75 Å². The number of nitrogens with one attached hydrogen (secondary N) is 2. The molecule has 10 nitrogen and oxygen atoms in total. The first-order valence-corrected chi connectivity index (χ1v) is 16.1. The molecule has 5 aromatic carbocycles. The number of nitrogens with zero attached hydrogens (tertiary/aromatic N) is 1. The Kier molecular flexibility index (Phi) is 9.33. The van der Waals surface area contributed by atoms with Crippen molar-refractivity contribution in [3.63, 3.8) is 0 Å². The van der Waals surface area contributed by atoms with Crippen LogP contribution in [0.3, 0.4) is 0 Å². The zero-order valence-electron chi connectivity index (χ0n) is 25.6. The Balaban J connectivity index is 1.53. The van der Waals surface area contributed by atoms with E-state index in [4.69, 9.17) is 9.47 Å². The van der Waals surface area contributed by atoms with Gasteiger partial charge in [-0.15, -0.1) is 0 Å². The van der Waals surface area contributed by atoms with Crippen LogP contribution < -0.4 is 14.6 Å². The number of hydrazine groups is 1. The number of halogens is 4. The minimum Gasteiger partial charge on any atom is -0.443 e. The van der Waals surface area contributed by atoms with Crippen LogP contribution in [0.4, 0.5) is 33.0 Å². The SMILES string of the molecule is O=C(NN(C(=O)OCc1ccccc1)c1[nH]c2ccc(F)cc2c1-c1c(OS(=O)(=O)C(F)(F)F)ccc2ccccc12)OCc1ccccc1. The zero-order valence-corrected chi connectivity index (χ0v) is 26.4. The Morgan fingerprint density at radius 1 is 0.740 bits per heavy atom. The molecule has 0 radical (unpaired) electrons. The molecule has 2 amide bonds. The van der Waals surface area contributed by atoms with Crippen LogP contribution >= 0.6 is 0 Å². The molecule has 0 fully saturated rings. The first-order chi connectivity index (χ1) is 23.9.